The number of nitrogens with zero attached hydrogens (tertiary/aromatic N) is 1. The summed E-state index contributed by atoms with van der Waals surface area (Å²) >= 11 is 9.52. The molecule has 9 heteroatoms. The molecule has 0 bridgehead atoms. The van der Waals surface area contributed by atoms with Gasteiger partial charge < -0.3 is 14.8 Å². The van der Waals surface area contributed by atoms with Gasteiger partial charge in [-0.2, -0.15) is 5.10 Å². The average Bonchev–Trinajstić information content (AvgIpc) is 2.76. The molecule has 0 aliphatic rings. The third kappa shape index (κ3) is 6.83. The summed E-state index contributed by atoms with van der Waals surface area (Å²) in [7, 11) is 1.53. The molecule has 170 valence electrons. The number of rotatable bonds is 10. The molecule has 1 atom stereocenters. The number of nitrogens with one attached hydrogen (secondary N) is 2. The Morgan fingerprint density at radius 1 is 1.28 bits per heavy atom. The van der Waals surface area contributed by atoms with Crippen molar-refractivity contribution in [1.82, 2.24) is 10.7 Å². The van der Waals surface area contributed by atoms with Crippen LogP contribution in [-0.2, 0) is 4.79 Å². The number of carbonyl (C=O) groups is 2. The zero-order valence-electron chi connectivity index (χ0n) is 18.0. The standard InChI is InChI=1S/C23H25BrClN3O4/c1-5-10-32-21-17(24)11-15(12-19(21)31-4)13-26-28-23(30)20(14(2)3)27-22(29)16-8-6-7-9-18(16)25/h5-9,11-14,20H,1,10H2,2-4H3,(H,27,29)(H,28,30). The first-order valence-electron chi connectivity index (χ1n) is 9.78. The Morgan fingerprint density at radius 2 is 2.00 bits per heavy atom. The maximum absolute atomic E-state index is 12.7. The van der Waals surface area contributed by atoms with Gasteiger partial charge in [0.15, 0.2) is 11.5 Å². The molecule has 0 heterocycles. The van der Waals surface area contributed by atoms with Crippen LogP contribution in [-0.4, -0.2) is 37.8 Å². The summed E-state index contributed by atoms with van der Waals surface area (Å²) in [5.41, 5.74) is 3.44. The Hall–Kier alpha value is -2.84. The normalized spacial score (nSPS) is 11.8. The molecule has 2 amide bonds. The van der Waals surface area contributed by atoms with Crippen LogP contribution in [0.1, 0.15) is 29.8 Å². The quantitative estimate of drug-likeness (QED) is 0.272. The van der Waals surface area contributed by atoms with Gasteiger partial charge in [0.25, 0.3) is 11.8 Å². The minimum Gasteiger partial charge on any atom is -0.493 e. The SMILES string of the molecule is C=CCOc1c(Br)cc(C=NNC(=O)C(NC(=O)c2ccccc2Cl)C(C)C)cc1OC. The van der Waals surface area contributed by atoms with Crippen LogP contribution in [0.5, 0.6) is 11.5 Å². The van der Waals surface area contributed by atoms with Crippen LogP contribution < -0.4 is 20.2 Å². The van der Waals surface area contributed by atoms with Crippen molar-refractivity contribution in [1.29, 1.82) is 0 Å². The molecule has 0 saturated carbocycles. The van der Waals surface area contributed by atoms with E-state index in [1.165, 1.54) is 13.3 Å². The van der Waals surface area contributed by atoms with Crippen LogP contribution in [0, 0.1) is 5.92 Å². The second-order valence-electron chi connectivity index (χ2n) is 7.04. The molecule has 0 spiro atoms. The second kappa shape index (κ2) is 12.3. The molecule has 2 rings (SSSR count). The molecule has 32 heavy (non-hydrogen) atoms. The number of carbonyl (C=O) groups excluding carboxylic acids is 2. The van der Waals surface area contributed by atoms with E-state index in [1.807, 2.05) is 13.8 Å². The van der Waals surface area contributed by atoms with Crippen LogP contribution >= 0.6 is 27.5 Å². The van der Waals surface area contributed by atoms with Crippen LogP contribution in [0.15, 0.2) is 58.6 Å². The molecular weight excluding hydrogens is 498 g/mol. The maximum atomic E-state index is 12.7. The average molecular weight is 523 g/mol. The fourth-order valence-electron chi connectivity index (χ4n) is 2.74. The van der Waals surface area contributed by atoms with Crippen LogP contribution in [0.3, 0.4) is 0 Å². The molecule has 7 nitrogen and oxygen atoms in total. The lowest BCUT2D eigenvalue weighted by Crippen LogP contribution is -2.48. The van der Waals surface area contributed by atoms with Gasteiger partial charge in [0.2, 0.25) is 0 Å². The van der Waals surface area contributed by atoms with Crippen LogP contribution in [0.2, 0.25) is 5.02 Å². The van der Waals surface area contributed by atoms with Crippen LogP contribution in [0.4, 0.5) is 0 Å². The lowest BCUT2D eigenvalue weighted by molar-refractivity contribution is -0.123. The first kappa shape index (κ1) is 25.4. The summed E-state index contributed by atoms with van der Waals surface area (Å²) in [6.07, 6.45) is 3.10. The topological polar surface area (TPSA) is 89.0 Å². The highest BCUT2D eigenvalue weighted by Gasteiger charge is 2.25. The molecule has 0 aliphatic heterocycles. The lowest BCUT2D eigenvalue weighted by atomic mass is 10.0. The Morgan fingerprint density at radius 3 is 2.62 bits per heavy atom. The van der Waals surface area contributed by atoms with Gasteiger partial charge in [-0.1, -0.05) is 50.2 Å². The van der Waals surface area contributed by atoms with E-state index < -0.39 is 17.9 Å². The zero-order valence-corrected chi connectivity index (χ0v) is 20.4. The van der Waals surface area contributed by atoms with Crippen molar-refractivity contribution in [3.05, 3.63) is 69.7 Å². The smallest absolute Gasteiger partial charge is 0.262 e. The molecule has 0 aromatic heterocycles. The van der Waals surface area contributed by atoms with Crippen molar-refractivity contribution in [3.63, 3.8) is 0 Å². The highest BCUT2D eigenvalue weighted by molar-refractivity contribution is 9.10. The number of ether oxygens (including phenoxy) is 2. The molecule has 0 saturated heterocycles. The Labute approximate surface area is 200 Å². The van der Waals surface area contributed by atoms with E-state index in [1.54, 1.807) is 42.5 Å². The number of hydrazone groups is 1. The summed E-state index contributed by atoms with van der Waals surface area (Å²) < 4.78 is 11.6. The highest BCUT2D eigenvalue weighted by atomic mass is 79.9. The minimum absolute atomic E-state index is 0.174. The first-order valence-corrected chi connectivity index (χ1v) is 10.9. The third-order valence-corrected chi connectivity index (χ3v) is 5.26. The minimum atomic E-state index is -0.799. The summed E-state index contributed by atoms with van der Waals surface area (Å²) in [6.45, 7) is 7.60. The van der Waals surface area contributed by atoms with E-state index >= 15 is 0 Å². The van der Waals surface area contributed by atoms with Gasteiger partial charge in [-0.25, -0.2) is 5.43 Å². The largest absolute Gasteiger partial charge is 0.493 e. The fraction of sp³-hybridized carbons (Fsp3) is 0.261. The number of benzene rings is 2. The van der Waals surface area contributed by atoms with E-state index in [9.17, 15) is 9.59 Å². The van der Waals surface area contributed by atoms with Crippen molar-refractivity contribution < 1.29 is 19.1 Å². The number of hydrogen-bond donors (Lipinski definition) is 2. The summed E-state index contributed by atoms with van der Waals surface area (Å²) in [4.78, 5) is 25.2. The van der Waals surface area contributed by atoms with Gasteiger partial charge in [-0.15, -0.1) is 0 Å². The van der Waals surface area contributed by atoms with Gasteiger partial charge in [0.1, 0.15) is 12.6 Å². The Balaban J connectivity index is 2.10. The van der Waals surface area contributed by atoms with Gasteiger partial charge in [-0.05, 0) is 51.7 Å². The third-order valence-electron chi connectivity index (χ3n) is 4.34. The van der Waals surface area contributed by atoms with Crippen molar-refractivity contribution in [2.75, 3.05) is 13.7 Å². The van der Waals surface area contributed by atoms with Crippen LogP contribution in [0.25, 0.3) is 0 Å². The molecule has 2 aromatic carbocycles. The predicted octanol–water partition coefficient (Wildman–Crippen LogP) is 4.58. The lowest BCUT2D eigenvalue weighted by Gasteiger charge is -2.20. The second-order valence-corrected chi connectivity index (χ2v) is 8.30. The van der Waals surface area contributed by atoms with Crippen molar-refractivity contribution in [2.45, 2.75) is 19.9 Å². The molecular formula is C23H25BrClN3O4. The van der Waals surface area contributed by atoms with E-state index in [-0.39, 0.29) is 5.92 Å². The number of amides is 2. The summed E-state index contributed by atoms with van der Waals surface area (Å²) in [6, 6.07) is 9.34. The molecule has 1 unspecified atom stereocenters. The van der Waals surface area contributed by atoms with Crippen molar-refractivity contribution in [2.24, 2.45) is 11.0 Å². The van der Waals surface area contributed by atoms with Gasteiger partial charge in [-0.3, -0.25) is 9.59 Å². The first-order chi connectivity index (χ1) is 15.3. The monoisotopic (exact) mass is 521 g/mol. The number of halogens is 2. The fourth-order valence-corrected chi connectivity index (χ4v) is 3.53. The molecule has 0 radical (unpaired) electrons. The van der Waals surface area contributed by atoms with Gasteiger partial charge in [0.05, 0.1) is 28.4 Å². The Kier molecular flexibility index (Phi) is 9.74. The molecule has 0 fully saturated rings. The highest BCUT2D eigenvalue weighted by Crippen LogP contribution is 2.36. The van der Waals surface area contributed by atoms with E-state index in [0.717, 1.165) is 0 Å². The van der Waals surface area contributed by atoms with Crippen molar-refractivity contribution in [3.8, 4) is 11.5 Å². The Bertz CT molecular complexity index is 1010. The zero-order chi connectivity index (χ0) is 23.7. The van der Waals surface area contributed by atoms with Gasteiger partial charge >= 0.3 is 0 Å². The summed E-state index contributed by atoms with van der Waals surface area (Å²) in [5, 5.41) is 7.04. The predicted molar refractivity (Wildman–Crippen MR) is 130 cm³/mol. The number of hydrogen-bond acceptors (Lipinski definition) is 5. The maximum Gasteiger partial charge on any atom is 0.262 e. The van der Waals surface area contributed by atoms with Gasteiger partial charge in [0, 0.05) is 0 Å². The van der Waals surface area contributed by atoms with E-state index in [0.29, 0.717) is 38.7 Å². The van der Waals surface area contributed by atoms with E-state index in [2.05, 4.69) is 38.4 Å². The van der Waals surface area contributed by atoms with Crippen molar-refractivity contribution >= 4 is 45.6 Å². The summed E-state index contributed by atoms with van der Waals surface area (Å²) in [5.74, 6) is -0.0187. The molecule has 0 aliphatic carbocycles. The van der Waals surface area contributed by atoms with E-state index in [4.69, 9.17) is 21.1 Å². The molecule has 2 aromatic rings. The molecule has 2 N–H and O–H groups in total. The number of methoxy groups -OCH3 is 1.